The molecule has 1 atom stereocenters. The molecule has 0 aliphatic carbocycles. The maximum absolute atomic E-state index is 12.4. The summed E-state index contributed by atoms with van der Waals surface area (Å²) >= 11 is 0. The first kappa shape index (κ1) is 15.3. The van der Waals surface area contributed by atoms with Crippen molar-refractivity contribution in [2.24, 2.45) is 0 Å². The first-order chi connectivity index (χ1) is 9.34. The van der Waals surface area contributed by atoms with Gasteiger partial charge in [0.25, 0.3) is 5.91 Å². The summed E-state index contributed by atoms with van der Waals surface area (Å²) in [5, 5.41) is 3.38. The van der Waals surface area contributed by atoms with Crippen LogP contribution in [-0.4, -0.2) is 61.0 Å². The summed E-state index contributed by atoms with van der Waals surface area (Å²) in [6, 6.07) is 10.2. The first-order valence-corrected chi connectivity index (χ1v) is 7.14. The van der Waals surface area contributed by atoms with Gasteiger partial charge in [-0.1, -0.05) is 18.2 Å². The quantitative estimate of drug-likeness (QED) is 0.891. The average Bonchev–Trinajstić information content (AvgIpc) is 2.98. The number of benzene rings is 1. The maximum Gasteiger partial charge on any atom is 0.253 e. The van der Waals surface area contributed by atoms with Gasteiger partial charge in [0.1, 0.15) is 0 Å². The molecule has 2 aliphatic heterocycles. The molecule has 1 N–H and O–H groups in total. The van der Waals surface area contributed by atoms with Gasteiger partial charge in [0.15, 0.2) is 0 Å². The van der Waals surface area contributed by atoms with Crippen LogP contribution in [0.2, 0.25) is 0 Å². The zero-order chi connectivity index (χ0) is 13.1. The highest BCUT2D eigenvalue weighted by Crippen LogP contribution is 2.18. The van der Waals surface area contributed by atoms with E-state index in [1.54, 1.807) is 0 Å². The molecule has 1 amide bonds. The van der Waals surface area contributed by atoms with E-state index in [0.29, 0.717) is 6.04 Å². The maximum atomic E-state index is 12.4. The summed E-state index contributed by atoms with van der Waals surface area (Å²) in [4.78, 5) is 16.9. The Balaban J connectivity index is 0.00000147. The molecule has 1 aromatic rings. The Morgan fingerprint density at radius 1 is 1.10 bits per heavy atom. The van der Waals surface area contributed by atoms with E-state index in [9.17, 15) is 4.79 Å². The second-order valence-corrected chi connectivity index (χ2v) is 5.35. The summed E-state index contributed by atoms with van der Waals surface area (Å²) < 4.78 is 0. The van der Waals surface area contributed by atoms with E-state index in [2.05, 4.69) is 10.2 Å². The molecule has 0 saturated carbocycles. The molecule has 3 rings (SSSR count). The fourth-order valence-electron chi connectivity index (χ4n) is 3.03. The SMILES string of the molecule is Cl.O=C(c1ccccc1)N1CCC(N2CCNCC2)C1. The van der Waals surface area contributed by atoms with Crippen LogP contribution >= 0.6 is 12.4 Å². The van der Waals surface area contributed by atoms with Crippen LogP contribution in [0.25, 0.3) is 0 Å². The van der Waals surface area contributed by atoms with Crippen LogP contribution < -0.4 is 5.32 Å². The third-order valence-corrected chi connectivity index (χ3v) is 4.14. The number of piperazine rings is 1. The number of nitrogens with one attached hydrogen (secondary N) is 1. The summed E-state index contributed by atoms with van der Waals surface area (Å²) in [6.07, 6.45) is 1.11. The Morgan fingerprint density at radius 2 is 1.80 bits per heavy atom. The summed E-state index contributed by atoms with van der Waals surface area (Å²) in [7, 11) is 0. The number of hydrogen-bond acceptors (Lipinski definition) is 3. The van der Waals surface area contributed by atoms with E-state index in [4.69, 9.17) is 0 Å². The molecule has 5 heteroatoms. The number of likely N-dealkylation sites (tertiary alicyclic amines) is 1. The predicted octanol–water partition coefficient (Wildman–Crippen LogP) is 1.23. The van der Waals surface area contributed by atoms with Gasteiger partial charge in [-0.05, 0) is 18.6 Å². The minimum absolute atomic E-state index is 0. The molecule has 2 saturated heterocycles. The van der Waals surface area contributed by atoms with Gasteiger partial charge in [0.05, 0.1) is 0 Å². The van der Waals surface area contributed by atoms with E-state index in [0.717, 1.165) is 51.3 Å². The molecule has 110 valence electrons. The van der Waals surface area contributed by atoms with Crippen molar-refractivity contribution in [3.63, 3.8) is 0 Å². The summed E-state index contributed by atoms with van der Waals surface area (Å²) in [5.41, 5.74) is 0.809. The molecule has 1 aromatic carbocycles. The van der Waals surface area contributed by atoms with Crippen molar-refractivity contribution < 1.29 is 4.79 Å². The van der Waals surface area contributed by atoms with Gasteiger partial charge in [-0.3, -0.25) is 9.69 Å². The lowest BCUT2D eigenvalue weighted by Crippen LogP contribution is -2.49. The van der Waals surface area contributed by atoms with E-state index < -0.39 is 0 Å². The van der Waals surface area contributed by atoms with Gasteiger partial charge in [-0.15, -0.1) is 12.4 Å². The van der Waals surface area contributed by atoms with Gasteiger partial charge in [0, 0.05) is 50.9 Å². The van der Waals surface area contributed by atoms with Crippen LogP contribution in [0.3, 0.4) is 0 Å². The fourth-order valence-corrected chi connectivity index (χ4v) is 3.03. The standard InChI is InChI=1S/C15H21N3O.ClH/c19-15(13-4-2-1-3-5-13)18-9-6-14(12-18)17-10-7-16-8-11-17;/h1-5,14,16H,6-12H2;1H. The molecule has 0 radical (unpaired) electrons. The van der Waals surface area contributed by atoms with Crippen LogP contribution in [0.1, 0.15) is 16.8 Å². The number of rotatable bonds is 2. The number of halogens is 1. The van der Waals surface area contributed by atoms with Gasteiger partial charge in [-0.25, -0.2) is 0 Å². The molecule has 1 unspecified atom stereocenters. The van der Waals surface area contributed by atoms with E-state index in [1.807, 2.05) is 35.2 Å². The van der Waals surface area contributed by atoms with E-state index in [-0.39, 0.29) is 18.3 Å². The van der Waals surface area contributed by atoms with Crippen molar-refractivity contribution in [2.75, 3.05) is 39.3 Å². The molecule has 20 heavy (non-hydrogen) atoms. The van der Waals surface area contributed by atoms with Crippen molar-refractivity contribution in [2.45, 2.75) is 12.5 Å². The van der Waals surface area contributed by atoms with Crippen LogP contribution in [-0.2, 0) is 0 Å². The Morgan fingerprint density at radius 3 is 2.50 bits per heavy atom. The van der Waals surface area contributed by atoms with Gasteiger partial charge in [0.2, 0.25) is 0 Å². The highest BCUT2D eigenvalue weighted by molar-refractivity contribution is 5.94. The Hall–Kier alpha value is -1.10. The highest BCUT2D eigenvalue weighted by atomic mass is 35.5. The van der Waals surface area contributed by atoms with Gasteiger partial charge in [-0.2, -0.15) is 0 Å². The number of carbonyl (C=O) groups excluding carboxylic acids is 1. The van der Waals surface area contributed by atoms with Crippen LogP contribution in [0.4, 0.5) is 0 Å². The number of nitrogens with zero attached hydrogens (tertiary/aromatic N) is 2. The molecular weight excluding hydrogens is 274 g/mol. The van der Waals surface area contributed by atoms with E-state index >= 15 is 0 Å². The lowest BCUT2D eigenvalue weighted by molar-refractivity contribution is 0.0773. The molecule has 0 bridgehead atoms. The third-order valence-electron chi connectivity index (χ3n) is 4.14. The molecule has 4 nitrogen and oxygen atoms in total. The topological polar surface area (TPSA) is 35.6 Å². The van der Waals surface area contributed by atoms with Crippen LogP contribution in [0.15, 0.2) is 30.3 Å². The molecule has 0 spiro atoms. The minimum Gasteiger partial charge on any atom is -0.337 e. The van der Waals surface area contributed by atoms with Crippen molar-refractivity contribution in [3.8, 4) is 0 Å². The zero-order valence-electron chi connectivity index (χ0n) is 11.6. The van der Waals surface area contributed by atoms with Gasteiger partial charge < -0.3 is 10.2 Å². The largest absolute Gasteiger partial charge is 0.337 e. The van der Waals surface area contributed by atoms with Gasteiger partial charge >= 0.3 is 0 Å². The first-order valence-electron chi connectivity index (χ1n) is 7.14. The molecular formula is C15H22ClN3O. The normalized spacial score (nSPS) is 23.4. The molecule has 0 aromatic heterocycles. The molecule has 2 fully saturated rings. The average molecular weight is 296 g/mol. The van der Waals surface area contributed by atoms with Crippen molar-refractivity contribution in [3.05, 3.63) is 35.9 Å². The second kappa shape index (κ2) is 7.07. The van der Waals surface area contributed by atoms with E-state index in [1.165, 1.54) is 0 Å². The Bertz CT molecular complexity index is 434. The number of amides is 1. The summed E-state index contributed by atoms with van der Waals surface area (Å²) in [6.45, 7) is 6.14. The van der Waals surface area contributed by atoms with Crippen LogP contribution in [0.5, 0.6) is 0 Å². The Kier molecular flexibility index (Phi) is 5.40. The second-order valence-electron chi connectivity index (χ2n) is 5.35. The monoisotopic (exact) mass is 295 g/mol. The lowest BCUT2D eigenvalue weighted by Gasteiger charge is -2.32. The smallest absolute Gasteiger partial charge is 0.253 e. The van der Waals surface area contributed by atoms with Crippen LogP contribution in [0, 0.1) is 0 Å². The number of hydrogen-bond donors (Lipinski definition) is 1. The molecule has 2 heterocycles. The lowest BCUT2D eigenvalue weighted by atomic mass is 10.2. The molecule has 2 aliphatic rings. The van der Waals surface area contributed by atoms with Crippen molar-refractivity contribution in [1.29, 1.82) is 0 Å². The predicted molar refractivity (Wildman–Crippen MR) is 82.4 cm³/mol. The number of carbonyl (C=O) groups is 1. The summed E-state index contributed by atoms with van der Waals surface area (Å²) in [5.74, 6) is 0.179. The Labute approximate surface area is 126 Å². The van der Waals surface area contributed by atoms with Crippen molar-refractivity contribution >= 4 is 18.3 Å². The minimum atomic E-state index is 0. The zero-order valence-corrected chi connectivity index (χ0v) is 12.4. The van der Waals surface area contributed by atoms with Crippen molar-refractivity contribution in [1.82, 2.24) is 15.1 Å². The fraction of sp³-hybridized carbons (Fsp3) is 0.533. The third kappa shape index (κ3) is 3.32. The highest BCUT2D eigenvalue weighted by Gasteiger charge is 2.31.